The first-order valence-electron chi connectivity index (χ1n) is 10.8. The molecule has 0 N–H and O–H groups in total. The Bertz CT molecular complexity index is 1260. The molecule has 2 fully saturated rings. The smallest absolute Gasteiger partial charge is 0.245 e. The predicted molar refractivity (Wildman–Crippen MR) is 124 cm³/mol. The van der Waals surface area contributed by atoms with Gasteiger partial charge in [0.15, 0.2) is 11.6 Å². The summed E-state index contributed by atoms with van der Waals surface area (Å²) in [6.07, 6.45) is 2.30. The molecule has 2 saturated heterocycles. The van der Waals surface area contributed by atoms with Crippen molar-refractivity contribution < 1.29 is 18.7 Å². The first kappa shape index (κ1) is 21.2. The average Bonchev–Trinajstić information content (AvgIpc) is 3.28. The van der Waals surface area contributed by atoms with Crippen LogP contribution in [-0.2, 0) is 4.79 Å². The van der Waals surface area contributed by atoms with E-state index < -0.39 is 5.82 Å². The minimum absolute atomic E-state index is 0.0345. The second-order valence-corrected chi connectivity index (χ2v) is 8.65. The van der Waals surface area contributed by atoms with Crippen molar-refractivity contribution in [3.63, 3.8) is 0 Å². The third-order valence-electron chi connectivity index (χ3n) is 6.59. The first-order valence-corrected chi connectivity index (χ1v) is 10.8. The molecule has 33 heavy (non-hydrogen) atoms. The molecule has 2 aliphatic rings. The van der Waals surface area contributed by atoms with Crippen molar-refractivity contribution in [1.82, 2.24) is 14.9 Å². The fraction of sp³-hybridized carbons (Fsp3) is 0.320. The number of anilines is 1. The number of nitrogens with zero attached hydrogens (tertiary/aromatic N) is 4. The topological polar surface area (TPSA) is 67.8 Å². The van der Waals surface area contributed by atoms with E-state index in [1.807, 2.05) is 18.2 Å². The van der Waals surface area contributed by atoms with Gasteiger partial charge >= 0.3 is 0 Å². The minimum Gasteiger partial charge on any atom is -0.497 e. The average molecular weight is 448 g/mol. The first-order chi connectivity index (χ1) is 16.0. The summed E-state index contributed by atoms with van der Waals surface area (Å²) < 4.78 is 25.8. The van der Waals surface area contributed by atoms with E-state index in [0.717, 1.165) is 24.9 Å². The molecule has 0 atom stereocenters. The van der Waals surface area contributed by atoms with Gasteiger partial charge < -0.3 is 19.3 Å². The number of aromatic nitrogens is 2. The number of ether oxygens (including phenoxy) is 2. The Kier molecular flexibility index (Phi) is 5.15. The molecule has 2 aliphatic heterocycles. The summed E-state index contributed by atoms with van der Waals surface area (Å²) in [5, 5.41) is 0.729. The predicted octanol–water partition coefficient (Wildman–Crippen LogP) is 3.68. The maximum absolute atomic E-state index is 15.2. The van der Waals surface area contributed by atoms with E-state index in [4.69, 9.17) is 19.4 Å². The number of carbonyl (C=O) groups excluding carboxylic acids is 1. The third-order valence-corrected chi connectivity index (χ3v) is 6.59. The monoisotopic (exact) mass is 448 g/mol. The van der Waals surface area contributed by atoms with E-state index in [-0.39, 0.29) is 17.1 Å². The van der Waals surface area contributed by atoms with Gasteiger partial charge in [0, 0.05) is 48.6 Å². The van der Waals surface area contributed by atoms with E-state index in [0.29, 0.717) is 41.6 Å². The van der Waals surface area contributed by atoms with Crippen LogP contribution in [0.4, 0.5) is 10.3 Å². The molecular weight excluding hydrogens is 423 g/mol. The summed E-state index contributed by atoms with van der Waals surface area (Å²) in [7, 11) is 3.04. The van der Waals surface area contributed by atoms with Crippen LogP contribution in [0.5, 0.6) is 11.5 Å². The van der Waals surface area contributed by atoms with Crippen molar-refractivity contribution in [1.29, 1.82) is 0 Å². The highest BCUT2D eigenvalue weighted by Gasteiger charge is 2.49. The molecule has 1 amide bonds. The quantitative estimate of drug-likeness (QED) is 0.555. The molecule has 5 rings (SSSR count). The lowest BCUT2D eigenvalue weighted by atomic mass is 9.79. The number of rotatable bonds is 5. The molecule has 3 aromatic rings. The molecule has 0 radical (unpaired) electrons. The van der Waals surface area contributed by atoms with Gasteiger partial charge in [0.05, 0.1) is 25.4 Å². The lowest BCUT2D eigenvalue weighted by Gasteiger charge is -2.47. The zero-order valence-corrected chi connectivity index (χ0v) is 18.7. The van der Waals surface area contributed by atoms with Crippen molar-refractivity contribution in [3.05, 3.63) is 54.9 Å². The van der Waals surface area contributed by atoms with Crippen LogP contribution < -0.4 is 14.4 Å². The largest absolute Gasteiger partial charge is 0.497 e. The summed E-state index contributed by atoms with van der Waals surface area (Å²) in [6, 6.07) is 10.5. The Labute approximate surface area is 191 Å². The summed E-state index contributed by atoms with van der Waals surface area (Å²) >= 11 is 0. The molecule has 0 unspecified atom stereocenters. The zero-order chi connectivity index (χ0) is 23.2. The fourth-order valence-corrected chi connectivity index (χ4v) is 4.83. The number of likely N-dealkylation sites (tertiary alicyclic amines) is 1. The van der Waals surface area contributed by atoms with Crippen LogP contribution in [0.25, 0.3) is 22.2 Å². The Morgan fingerprint density at radius 2 is 1.97 bits per heavy atom. The van der Waals surface area contributed by atoms with Gasteiger partial charge in [0.2, 0.25) is 11.9 Å². The van der Waals surface area contributed by atoms with E-state index in [1.54, 1.807) is 30.2 Å². The Morgan fingerprint density at radius 3 is 2.70 bits per heavy atom. The Hall–Kier alpha value is -3.68. The molecule has 0 aliphatic carbocycles. The number of methoxy groups -OCH3 is 2. The fourth-order valence-electron chi connectivity index (χ4n) is 4.83. The lowest BCUT2D eigenvalue weighted by Crippen LogP contribution is -2.59. The van der Waals surface area contributed by atoms with Gasteiger partial charge in [-0.3, -0.25) is 4.79 Å². The summed E-state index contributed by atoms with van der Waals surface area (Å²) in [4.78, 5) is 25.4. The van der Waals surface area contributed by atoms with Gasteiger partial charge in [0.25, 0.3) is 0 Å². The number of hydrogen-bond donors (Lipinski definition) is 0. The second kappa shape index (κ2) is 8.03. The molecular formula is C25H25FN4O3. The maximum Gasteiger partial charge on any atom is 0.245 e. The number of carbonyl (C=O) groups is 1. The number of hydrogen-bond acceptors (Lipinski definition) is 6. The maximum atomic E-state index is 15.2. The molecule has 1 spiro atoms. The van der Waals surface area contributed by atoms with Crippen LogP contribution in [0.15, 0.2) is 49.1 Å². The molecule has 1 aromatic heterocycles. The van der Waals surface area contributed by atoms with E-state index in [1.165, 1.54) is 13.2 Å². The van der Waals surface area contributed by atoms with Crippen LogP contribution in [-0.4, -0.2) is 61.2 Å². The number of fused-ring (bicyclic) bond motifs is 1. The van der Waals surface area contributed by atoms with Crippen LogP contribution in [0.2, 0.25) is 0 Å². The molecule has 7 nitrogen and oxygen atoms in total. The molecule has 170 valence electrons. The van der Waals surface area contributed by atoms with Gasteiger partial charge in [-0.05, 0) is 36.8 Å². The number of benzene rings is 2. The second-order valence-electron chi connectivity index (χ2n) is 8.65. The SMILES string of the molecule is C=CC(=O)N1CC2(CCN(c3nc(-c4cccc(OC)c4F)c4ccc(OC)cc4n3)C2)C1. The summed E-state index contributed by atoms with van der Waals surface area (Å²) in [5.41, 5.74) is 1.57. The molecule has 8 heteroatoms. The van der Waals surface area contributed by atoms with E-state index >= 15 is 4.39 Å². The third kappa shape index (κ3) is 3.55. The van der Waals surface area contributed by atoms with Crippen LogP contribution in [0.1, 0.15) is 6.42 Å². The zero-order valence-electron chi connectivity index (χ0n) is 18.7. The van der Waals surface area contributed by atoms with Gasteiger partial charge in [-0.2, -0.15) is 0 Å². The number of amides is 1. The van der Waals surface area contributed by atoms with Crippen molar-refractivity contribution in [2.24, 2.45) is 5.41 Å². The molecule has 0 bridgehead atoms. The van der Waals surface area contributed by atoms with Gasteiger partial charge in [-0.1, -0.05) is 12.6 Å². The van der Waals surface area contributed by atoms with E-state index in [9.17, 15) is 4.79 Å². The van der Waals surface area contributed by atoms with E-state index in [2.05, 4.69) is 11.5 Å². The molecule has 2 aromatic carbocycles. The van der Waals surface area contributed by atoms with Gasteiger partial charge in [0.1, 0.15) is 5.75 Å². The highest BCUT2D eigenvalue weighted by atomic mass is 19.1. The van der Waals surface area contributed by atoms with Crippen LogP contribution in [0.3, 0.4) is 0 Å². The Morgan fingerprint density at radius 1 is 1.15 bits per heavy atom. The van der Waals surface area contributed by atoms with Crippen molar-refractivity contribution in [2.45, 2.75) is 6.42 Å². The van der Waals surface area contributed by atoms with Gasteiger partial charge in [-0.25, -0.2) is 14.4 Å². The van der Waals surface area contributed by atoms with Crippen molar-refractivity contribution in [2.75, 3.05) is 45.3 Å². The Balaban J connectivity index is 1.55. The standard InChI is InChI=1S/C25H25FN4O3/c1-4-21(31)30-14-25(15-30)10-11-29(13-25)24-27-19-12-16(32-2)8-9-17(19)23(28-24)18-6-5-7-20(33-3)22(18)26/h4-9,12H,1,10-11,13-15H2,2-3H3. The minimum atomic E-state index is -0.461. The van der Waals surface area contributed by atoms with Crippen LogP contribution >= 0.6 is 0 Å². The highest BCUT2D eigenvalue weighted by Crippen LogP contribution is 2.42. The molecule has 0 saturated carbocycles. The highest BCUT2D eigenvalue weighted by molar-refractivity contribution is 5.94. The number of halogens is 1. The summed E-state index contributed by atoms with van der Waals surface area (Å²) in [6.45, 7) is 6.48. The lowest BCUT2D eigenvalue weighted by molar-refractivity contribution is -0.136. The molecule has 3 heterocycles. The van der Waals surface area contributed by atoms with Crippen molar-refractivity contribution in [3.8, 4) is 22.8 Å². The summed E-state index contributed by atoms with van der Waals surface area (Å²) in [5.74, 6) is 0.870. The van der Waals surface area contributed by atoms with Crippen molar-refractivity contribution >= 4 is 22.8 Å². The van der Waals surface area contributed by atoms with Crippen LogP contribution in [0, 0.1) is 11.2 Å². The normalized spacial score (nSPS) is 16.7. The van der Waals surface area contributed by atoms with Gasteiger partial charge in [-0.15, -0.1) is 0 Å².